The number of hydrogen-bond donors (Lipinski definition) is 12. The van der Waals surface area contributed by atoms with Crippen LogP contribution in [0.1, 0.15) is 90.9 Å². The van der Waals surface area contributed by atoms with E-state index in [1.165, 1.54) is 6.42 Å². The molecular formula is C40H71NO18. The minimum Gasteiger partial charge on any atom is -0.394 e. The van der Waals surface area contributed by atoms with Crippen molar-refractivity contribution in [3.63, 3.8) is 0 Å². The Morgan fingerprint density at radius 1 is 0.593 bits per heavy atom. The number of hydrogen-bond acceptors (Lipinski definition) is 18. The highest BCUT2D eigenvalue weighted by Crippen LogP contribution is 2.32. The number of allylic oxidation sites excluding steroid dienone is 3. The Labute approximate surface area is 346 Å². The van der Waals surface area contributed by atoms with Crippen molar-refractivity contribution >= 4 is 5.91 Å². The number of nitrogens with one attached hydrogen (secondary N) is 1. The summed E-state index contributed by atoms with van der Waals surface area (Å²) < 4.78 is 33.8. The van der Waals surface area contributed by atoms with Gasteiger partial charge in [0.1, 0.15) is 73.2 Å². The smallest absolute Gasteiger partial charge is 0.220 e. The molecule has 17 atom stereocenters. The number of amides is 1. The summed E-state index contributed by atoms with van der Waals surface area (Å²) >= 11 is 0. The Morgan fingerprint density at radius 2 is 1.08 bits per heavy atom. The van der Waals surface area contributed by atoms with Gasteiger partial charge < -0.3 is 89.9 Å². The molecule has 0 saturated carbocycles. The number of aliphatic hydroxyl groups excluding tert-OH is 11. The maximum absolute atomic E-state index is 12.9. The fraction of sp³-hybridized carbons (Fsp3) is 0.875. The largest absolute Gasteiger partial charge is 0.394 e. The molecule has 0 aromatic heterocycles. The number of aliphatic hydroxyl groups is 11. The molecule has 0 aliphatic carbocycles. The normalized spacial score (nSPS) is 36.6. The number of carbonyl (C=O) groups excluding carboxylic acids is 1. The van der Waals surface area contributed by atoms with Gasteiger partial charge in [-0.25, -0.2) is 0 Å². The van der Waals surface area contributed by atoms with Crippen LogP contribution in [0.5, 0.6) is 0 Å². The Hall–Kier alpha value is -1.73. The third-order valence-electron chi connectivity index (χ3n) is 10.7. The quantitative estimate of drug-likeness (QED) is 0.0335. The van der Waals surface area contributed by atoms with Crippen LogP contribution in [0.2, 0.25) is 0 Å². The van der Waals surface area contributed by atoms with Crippen molar-refractivity contribution in [2.45, 2.75) is 195 Å². The van der Waals surface area contributed by atoms with E-state index in [1.54, 1.807) is 12.2 Å². The zero-order chi connectivity index (χ0) is 43.5. The molecule has 0 radical (unpaired) electrons. The number of carbonyl (C=O) groups is 1. The van der Waals surface area contributed by atoms with E-state index in [1.807, 2.05) is 0 Å². The van der Waals surface area contributed by atoms with Crippen molar-refractivity contribution in [2.75, 3.05) is 26.4 Å². The van der Waals surface area contributed by atoms with E-state index in [9.17, 15) is 61.0 Å². The summed E-state index contributed by atoms with van der Waals surface area (Å²) in [5, 5.41) is 118. The average Bonchev–Trinajstić information content (AvgIpc) is 3.23. The molecule has 344 valence electrons. The molecule has 3 aliphatic rings. The maximum Gasteiger partial charge on any atom is 0.220 e. The minimum absolute atomic E-state index is 0.233. The molecule has 17 unspecified atom stereocenters. The summed E-state index contributed by atoms with van der Waals surface area (Å²) in [6.07, 6.45) is -8.54. The van der Waals surface area contributed by atoms with Crippen LogP contribution in [0.15, 0.2) is 24.3 Å². The van der Waals surface area contributed by atoms with Gasteiger partial charge in [-0.2, -0.15) is 0 Å². The SMILES string of the molecule is CCC/C=C/CC/C=C/C(O)C(COC1OC(CO)C(OC2OC(CO)C(OC3OC(CO)C(O)C(O)C3O)C(O)C2O)C(O)C1O)NC(=O)CCCCCCCCC. The first-order chi connectivity index (χ1) is 28.3. The Balaban J connectivity index is 1.64. The first-order valence-electron chi connectivity index (χ1n) is 21.1. The van der Waals surface area contributed by atoms with Crippen LogP contribution in [0, 0.1) is 0 Å². The third-order valence-corrected chi connectivity index (χ3v) is 10.7. The first-order valence-corrected chi connectivity index (χ1v) is 21.1. The molecule has 0 aromatic rings. The summed E-state index contributed by atoms with van der Waals surface area (Å²) in [6.45, 7) is 1.44. The third kappa shape index (κ3) is 15.5. The number of unbranched alkanes of at least 4 members (excludes halogenated alkanes) is 8. The fourth-order valence-corrected chi connectivity index (χ4v) is 7.09. The van der Waals surface area contributed by atoms with Crippen LogP contribution in [0.4, 0.5) is 0 Å². The molecule has 19 nitrogen and oxygen atoms in total. The zero-order valence-corrected chi connectivity index (χ0v) is 34.2. The van der Waals surface area contributed by atoms with Gasteiger partial charge in [0.15, 0.2) is 18.9 Å². The van der Waals surface area contributed by atoms with Crippen molar-refractivity contribution < 1.29 is 89.4 Å². The molecule has 19 heteroatoms. The van der Waals surface area contributed by atoms with Crippen LogP contribution in [0.3, 0.4) is 0 Å². The van der Waals surface area contributed by atoms with Gasteiger partial charge >= 0.3 is 0 Å². The van der Waals surface area contributed by atoms with Crippen molar-refractivity contribution in [3.05, 3.63) is 24.3 Å². The predicted molar refractivity (Wildman–Crippen MR) is 208 cm³/mol. The maximum atomic E-state index is 12.9. The van der Waals surface area contributed by atoms with Gasteiger partial charge in [-0.3, -0.25) is 4.79 Å². The molecule has 3 aliphatic heterocycles. The number of rotatable bonds is 26. The molecule has 12 N–H and O–H groups in total. The highest BCUT2D eigenvalue weighted by molar-refractivity contribution is 5.76. The van der Waals surface area contributed by atoms with E-state index >= 15 is 0 Å². The van der Waals surface area contributed by atoms with Crippen LogP contribution < -0.4 is 5.32 Å². The standard InChI is InChI=1S/C40H71NO18/c1-3-5-7-9-11-13-15-17-24(45)23(41-28(46)18-16-14-12-10-8-6-4-2)22-54-38-34(52)31(49)36(26(20-43)56-38)59-40-35(53)32(50)37(27(21-44)57-40)58-39-33(51)30(48)29(47)25(19-42)55-39/h7,9,15,17,23-27,29-40,42-45,47-53H,3-6,8,10-14,16,18-22H2,1-2H3,(H,41,46)/b9-7+,17-15+. The summed E-state index contributed by atoms with van der Waals surface area (Å²) in [5.41, 5.74) is 0. The summed E-state index contributed by atoms with van der Waals surface area (Å²) in [7, 11) is 0. The van der Waals surface area contributed by atoms with Gasteiger partial charge in [0.2, 0.25) is 5.91 Å². The zero-order valence-electron chi connectivity index (χ0n) is 34.2. The lowest BCUT2D eigenvalue weighted by atomic mass is 9.96. The Bertz CT molecular complexity index is 1210. The number of ether oxygens (including phenoxy) is 6. The monoisotopic (exact) mass is 853 g/mol. The van der Waals surface area contributed by atoms with Crippen molar-refractivity contribution in [2.24, 2.45) is 0 Å². The molecule has 0 spiro atoms. The van der Waals surface area contributed by atoms with E-state index in [-0.39, 0.29) is 18.9 Å². The molecule has 3 rings (SSSR count). The van der Waals surface area contributed by atoms with Crippen LogP contribution in [0.25, 0.3) is 0 Å². The van der Waals surface area contributed by atoms with Crippen molar-refractivity contribution in [3.8, 4) is 0 Å². The summed E-state index contributed by atoms with van der Waals surface area (Å²) in [5.74, 6) is -0.302. The molecular weight excluding hydrogens is 782 g/mol. The Morgan fingerprint density at radius 3 is 1.66 bits per heavy atom. The lowest BCUT2D eigenvalue weighted by molar-refractivity contribution is -0.379. The predicted octanol–water partition coefficient (Wildman–Crippen LogP) is -1.87. The van der Waals surface area contributed by atoms with E-state index in [4.69, 9.17) is 28.4 Å². The van der Waals surface area contributed by atoms with Gasteiger partial charge in [0.05, 0.1) is 38.6 Å². The summed E-state index contributed by atoms with van der Waals surface area (Å²) in [4.78, 5) is 12.9. The van der Waals surface area contributed by atoms with Gasteiger partial charge in [-0.15, -0.1) is 0 Å². The van der Waals surface area contributed by atoms with E-state index in [0.29, 0.717) is 12.8 Å². The lowest BCUT2D eigenvalue weighted by Gasteiger charge is -2.48. The highest BCUT2D eigenvalue weighted by Gasteiger charge is 2.53. The Kier molecular flexibility index (Phi) is 23.9. The molecule has 3 fully saturated rings. The second-order valence-electron chi connectivity index (χ2n) is 15.4. The van der Waals surface area contributed by atoms with Crippen LogP contribution in [-0.2, 0) is 33.2 Å². The topological polar surface area (TPSA) is 307 Å². The molecule has 0 aromatic carbocycles. The molecule has 1 amide bonds. The van der Waals surface area contributed by atoms with E-state index < -0.39 is 124 Å². The van der Waals surface area contributed by atoms with Crippen LogP contribution in [-0.4, -0.2) is 193 Å². The lowest BCUT2D eigenvalue weighted by Crippen LogP contribution is -2.66. The van der Waals surface area contributed by atoms with Gasteiger partial charge in [-0.05, 0) is 25.7 Å². The summed E-state index contributed by atoms with van der Waals surface area (Å²) in [6, 6.07) is -0.978. The average molecular weight is 854 g/mol. The van der Waals surface area contributed by atoms with Gasteiger partial charge in [-0.1, -0.05) is 83.1 Å². The molecule has 3 heterocycles. The second-order valence-corrected chi connectivity index (χ2v) is 15.4. The van der Waals surface area contributed by atoms with Crippen molar-refractivity contribution in [1.29, 1.82) is 0 Å². The molecule has 59 heavy (non-hydrogen) atoms. The van der Waals surface area contributed by atoms with Gasteiger partial charge in [0, 0.05) is 6.42 Å². The highest BCUT2D eigenvalue weighted by atomic mass is 16.8. The van der Waals surface area contributed by atoms with Crippen LogP contribution >= 0.6 is 0 Å². The second kappa shape index (κ2) is 27.4. The van der Waals surface area contributed by atoms with E-state index in [2.05, 4.69) is 31.3 Å². The first kappa shape index (κ1) is 51.6. The minimum atomic E-state index is -1.97. The van der Waals surface area contributed by atoms with Gasteiger partial charge in [0.25, 0.3) is 0 Å². The van der Waals surface area contributed by atoms with E-state index in [0.717, 1.165) is 51.4 Å². The molecule has 0 bridgehead atoms. The van der Waals surface area contributed by atoms with Crippen molar-refractivity contribution in [1.82, 2.24) is 5.32 Å². The molecule has 3 saturated heterocycles. The fourth-order valence-electron chi connectivity index (χ4n) is 7.09.